The van der Waals surface area contributed by atoms with E-state index in [2.05, 4.69) is 46.6 Å². The Bertz CT molecular complexity index is 217. The van der Waals surface area contributed by atoms with E-state index in [1.807, 2.05) is 0 Å². The SMILES string of the molecule is CC(C)N(CCOCCBr)CC1CN(C)CCO1. The van der Waals surface area contributed by atoms with E-state index in [1.54, 1.807) is 0 Å². The normalized spacial score (nSPS) is 22.0. The first-order chi connectivity index (χ1) is 8.63. The second kappa shape index (κ2) is 9.26. The van der Waals surface area contributed by atoms with Gasteiger partial charge in [0.2, 0.25) is 0 Å². The largest absolute Gasteiger partial charge is 0.379 e. The highest BCUT2D eigenvalue weighted by Gasteiger charge is 2.21. The molecule has 4 nitrogen and oxygen atoms in total. The number of hydrogen-bond donors (Lipinski definition) is 0. The minimum Gasteiger partial charge on any atom is -0.379 e. The Kier molecular flexibility index (Phi) is 8.42. The van der Waals surface area contributed by atoms with Crippen molar-refractivity contribution in [3.8, 4) is 0 Å². The molecule has 0 bridgehead atoms. The molecule has 1 aliphatic rings. The summed E-state index contributed by atoms with van der Waals surface area (Å²) >= 11 is 3.37. The molecular weight excluding hydrogens is 296 g/mol. The maximum atomic E-state index is 5.82. The van der Waals surface area contributed by atoms with Gasteiger partial charge in [-0.3, -0.25) is 4.90 Å². The van der Waals surface area contributed by atoms with Crippen molar-refractivity contribution in [2.45, 2.75) is 26.0 Å². The average molecular weight is 323 g/mol. The zero-order valence-electron chi connectivity index (χ0n) is 11.9. The lowest BCUT2D eigenvalue weighted by molar-refractivity contribution is -0.0427. The number of alkyl halides is 1. The zero-order chi connectivity index (χ0) is 13.4. The number of nitrogens with zero attached hydrogens (tertiary/aromatic N) is 2. The van der Waals surface area contributed by atoms with Crippen LogP contribution in [0.3, 0.4) is 0 Å². The molecule has 108 valence electrons. The Morgan fingerprint density at radius 1 is 1.44 bits per heavy atom. The molecule has 1 atom stereocenters. The van der Waals surface area contributed by atoms with Gasteiger partial charge >= 0.3 is 0 Å². The highest BCUT2D eigenvalue weighted by Crippen LogP contribution is 2.08. The summed E-state index contributed by atoms with van der Waals surface area (Å²) in [5.41, 5.74) is 0. The Hall–Kier alpha value is 0.320. The Morgan fingerprint density at radius 3 is 2.83 bits per heavy atom. The van der Waals surface area contributed by atoms with Crippen LogP contribution in [-0.2, 0) is 9.47 Å². The lowest BCUT2D eigenvalue weighted by Gasteiger charge is -2.35. The monoisotopic (exact) mass is 322 g/mol. The quantitative estimate of drug-likeness (QED) is 0.498. The molecule has 0 N–H and O–H groups in total. The summed E-state index contributed by atoms with van der Waals surface area (Å²) in [5, 5.41) is 0.908. The fourth-order valence-corrected chi connectivity index (χ4v) is 2.37. The topological polar surface area (TPSA) is 24.9 Å². The van der Waals surface area contributed by atoms with Gasteiger partial charge in [-0.1, -0.05) is 15.9 Å². The van der Waals surface area contributed by atoms with Crippen LogP contribution in [0, 0.1) is 0 Å². The summed E-state index contributed by atoms with van der Waals surface area (Å²) in [6, 6.07) is 0.536. The molecule has 1 rings (SSSR count). The van der Waals surface area contributed by atoms with Crippen molar-refractivity contribution in [3.05, 3.63) is 0 Å². The van der Waals surface area contributed by atoms with Crippen LogP contribution in [0.4, 0.5) is 0 Å². The third-order valence-corrected chi connectivity index (χ3v) is 3.58. The van der Waals surface area contributed by atoms with Crippen LogP contribution in [0.2, 0.25) is 0 Å². The molecule has 0 saturated carbocycles. The first kappa shape index (κ1) is 16.4. The fourth-order valence-electron chi connectivity index (χ4n) is 2.14. The number of rotatable bonds is 8. The molecule has 18 heavy (non-hydrogen) atoms. The highest BCUT2D eigenvalue weighted by atomic mass is 79.9. The first-order valence-electron chi connectivity index (χ1n) is 6.81. The molecule has 0 aromatic heterocycles. The molecular formula is C13H27BrN2O2. The molecule has 0 aliphatic carbocycles. The Morgan fingerprint density at radius 2 is 2.22 bits per heavy atom. The number of ether oxygens (including phenoxy) is 2. The van der Waals surface area contributed by atoms with Crippen molar-refractivity contribution in [2.75, 3.05) is 58.4 Å². The zero-order valence-corrected chi connectivity index (χ0v) is 13.5. The number of halogens is 1. The Labute approximate surface area is 120 Å². The van der Waals surface area contributed by atoms with E-state index in [1.165, 1.54) is 0 Å². The van der Waals surface area contributed by atoms with Gasteiger partial charge in [-0.2, -0.15) is 0 Å². The van der Waals surface area contributed by atoms with E-state index in [0.717, 1.165) is 51.3 Å². The second-order valence-corrected chi connectivity index (χ2v) is 5.94. The van der Waals surface area contributed by atoms with Crippen molar-refractivity contribution in [1.29, 1.82) is 0 Å². The molecule has 1 heterocycles. The molecule has 0 amide bonds. The van der Waals surface area contributed by atoms with Gasteiger partial charge in [0.25, 0.3) is 0 Å². The van der Waals surface area contributed by atoms with Gasteiger partial charge in [-0.05, 0) is 20.9 Å². The van der Waals surface area contributed by atoms with Gasteiger partial charge in [-0.25, -0.2) is 0 Å². The number of hydrogen-bond acceptors (Lipinski definition) is 4. The second-order valence-electron chi connectivity index (χ2n) is 5.15. The van der Waals surface area contributed by atoms with Crippen LogP contribution in [0.1, 0.15) is 13.8 Å². The maximum absolute atomic E-state index is 5.82. The predicted molar refractivity (Wildman–Crippen MR) is 78.6 cm³/mol. The predicted octanol–water partition coefficient (Wildman–Crippen LogP) is 1.44. The molecule has 0 radical (unpaired) electrons. The van der Waals surface area contributed by atoms with Crippen molar-refractivity contribution in [3.63, 3.8) is 0 Å². The van der Waals surface area contributed by atoms with Crippen LogP contribution < -0.4 is 0 Å². The lowest BCUT2D eigenvalue weighted by Crippen LogP contribution is -2.48. The molecule has 1 fully saturated rings. The average Bonchev–Trinajstić information content (AvgIpc) is 2.33. The van der Waals surface area contributed by atoms with Gasteiger partial charge in [0, 0.05) is 37.6 Å². The van der Waals surface area contributed by atoms with Gasteiger partial charge in [0.1, 0.15) is 0 Å². The molecule has 5 heteroatoms. The smallest absolute Gasteiger partial charge is 0.0829 e. The van der Waals surface area contributed by atoms with Crippen LogP contribution in [0.5, 0.6) is 0 Å². The van der Waals surface area contributed by atoms with Gasteiger partial charge in [0.05, 0.1) is 25.9 Å². The summed E-state index contributed by atoms with van der Waals surface area (Å²) in [6.45, 7) is 11.0. The van der Waals surface area contributed by atoms with E-state index in [9.17, 15) is 0 Å². The minimum atomic E-state index is 0.335. The van der Waals surface area contributed by atoms with Crippen molar-refractivity contribution >= 4 is 15.9 Å². The third-order valence-electron chi connectivity index (χ3n) is 3.25. The van der Waals surface area contributed by atoms with Crippen LogP contribution in [-0.4, -0.2) is 80.3 Å². The number of morpholine rings is 1. The van der Waals surface area contributed by atoms with E-state index in [-0.39, 0.29) is 0 Å². The summed E-state index contributed by atoms with van der Waals surface area (Å²) < 4.78 is 11.4. The Balaban J connectivity index is 2.28. The van der Waals surface area contributed by atoms with Crippen LogP contribution in [0.25, 0.3) is 0 Å². The fraction of sp³-hybridized carbons (Fsp3) is 1.00. The van der Waals surface area contributed by atoms with Gasteiger partial charge < -0.3 is 14.4 Å². The first-order valence-corrected chi connectivity index (χ1v) is 7.93. The van der Waals surface area contributed by atoms with Crippen molar-refractivity contribution in [1.82, 2.24) is 9.80 Å². The van der Waals surface area contributed by atoms with Gasteiger partial charge in [-0.15, -0.1) is 0 Å². The van der Waals surface area contributed by atoms with Gasteiger partial charge in [0.15, 0.2) is 0 Å². The summed E-state index contributed by atoms with van der Waals surface area (Å²) in [7, 11) is 2.16. The lowest BCUT2D eigenvalue weighted by atomic mass is 10.2. The molecule has 1 saturated heterocycles. The third kappa shape index (κ3) is 6.48. The molecule has 1 unspecified atom stereocenters. The highest BCUT2D eigenvalue weighted by molar-refractivity contribution is 9.09. The summed E-state index contributed by atoms with van der Waals surface area (Å²) in [6.07, 6.45) is 0.335. The molecule has 0 spiro atoms. The molecule has 0 aromatic carbocycles. The minimum absolute atomic E-state index is 0.335. The van der Waals surface area contributed by atoms with Crippen LogP contribution in [0.15, 0.2) is 0 Å². The van der Waals surface area contributed by atoms with Crippen LogP contribution >= 0.6 is 15.9 Å². The van der Waals surface area contributed by atoms with E-state index in [0.29, 0.717) is 12.1 Å². The molecule has 0 aromatic rings. The van der Waals surface area contributed by atoms with Crippen molar-refractivity contribution in [2.24, 2.45) is 0 Å². The van der Waals surface area contributed by atoms with E-state index in [4.69, 9.17) is 9.47 Å². The number of likely N-dealkylation sites (N-methyl/N-ethyl adjacent to an activating group) is 1. The maximum Gasteiger partial charge on any atom is 0.0829 e. The molecule has 1 aliphatic heterocycles. The standard InChI is InChI=1S/C13H27BrN2O2/c1-12(2)16(6-8-17-7-4-14)11-13-10-15(3)5-9-18-13/h12-13H,4-11H2,1-3H3. The summed E-state index contributed by atoms with van der Waals surface area (Å²) in [4.78, 5) is 4.78. The van der Waals surface area contributed by atoms with E-state index < -0.39 is 0 Å². The van der Waals surface area contributed by atoms with Crippen molar-refractivity contribution < 1.29 is 9.47 Å². The summed E-state index contributed by atoms with van der Waals surface area (Å²) in [5.74, 6) is 0. The van der Waals surface area contributed by atoms with E-state index >= 15 is 0 Å².